The molecule has 3 heteroatoms. The molecular formula is C5H9FOS. The standard InChI is InChI=1S/C5H9FOS/c6-5(8)3-1-2-4-7-5/h8H,1-4H2. The summed E-state index contributed by atoms with van der Waals surface area (Å²) in [6.45, 7) is 0.514. The largest absolute Gasteiger partial charge is 0.338 e. The zero-order chi connectivity index (χ0) is 6.04. The van der Waals surface area contributed by atoms with E-state index in [0.29, 0.717) is 13.0 Å². The van der Waals surface area contributed by atoms with Crippen LogP contribution in [0.1, 0.15) is 19.3 Å². The number of hydrogen-bond acceptors (Lipinski definition) is 2. The molecule has 0 spiro atoms. The minimum Gasteiger partial charge on any atom is -0.338 e. The van der Waals surface area contributed by atoms with Gasteiger partial charge in [-0.2, -0.15) is 4.39 Å². The molecular weight excluding hydrogens is 127 g/mol. The SMILES string of the molecule is FC1(S)CCCCO1. The van der Waals surface area contributed by atoms with Crippen molar-refractivity contribution >= 4 is 12.6 Å². The number of thiol groups is 1. The van der Waals surface area contributed by atoms with Gasteiger partial charge in [0.05, 0.1) is 6.61 Å². The van der Waals surface area contributed by atoms with E-state index in [1.807, 2.05) is 0 Å². The van der Waals surface area contributed by atoms with Crippen LogP contribution in [0.4, 0.5) is 4.39 Å². The second-order valence-corrected chi connectivity index (χ2v) is 2.66. The number of alkyl halides is 1. The molecule has 1 fully saturated rings. The lowest BCUT2D eigenvalue weighted by molar-refractivity contribution is -0.0961. The molecule has 1 nitrogen and oxygen atoms in total. The summed E-state index contributed by atoms with van der Waals surface area (Å²) in [7, 11) is 0. The lowest BCUT2D eigenvalue weighted by Crippen LogP contribution is -2.24. The van der Waals surface area contributed by atoms with Gasteiger partial charge in [0.2, 0.25) is 0 Å². The first-order valence-corrected chi connectivity index (χ1v) is 3.21. The lowest BCUT2D eigenvalue weighted by atomic mass is 10.2. The van der Waals surface area contributed by atoms with Gasteiger partial charge in [0.25, 0.3) is 5.19 Å². The third kappa shape index (κ3) is 1.63. The van der Waals surface area contributed by atoms with Gasteiger partial charge in [-0.1, -0.05) is 0 Å². The van der Waals surface area contributed by atoms with Gasteiger partial charge in [-0.25, -0.2) is 0 Å². The summed E-state index contributed by atoms with van der Waals surface area (Å²) in [5, 5.41) is -1.63. The summed E-state index contributed by atoms with van der Waals surface area (Å²) < 4.78 is 17.2. The van der Waals surface area contributed by atoms with E-state index in [4.69, 9.17) is 0 Å². The molecule has 48 valence electrons. The predicted octanol–water partition coefficient (Wildman–Crippen LogP) is 1.74. The smallest absolute Gasteiger partial charge is 0.254 e. The van der Waals surface area contributed by atoms with Crippen LogP contribution >= 0.6 is 12.6 Å². The number of ether oxygens (including phenoxy) is 1. The molecule has 0 bridgehead atoms. The number of halogens is 1. The molecule has 0 N–H and O–H groups in total. The van der Waals surface area contributed by atoms with Crippen molar-refractivity contribution in [1.29, 1.82) is 0 Å². The van der Waals surface area contributed by atoms with Crippen LogP contribution in [-0.4, -0.2) is 11.8 Å². The first-order chi connectivity index (χ1) is 3.71. The molecule has 0 aliphatic carbocycles. The molecule has 1 unspecified atom stereocenters. The van der Waals surface area contributed by atoms with Crippen molar-refractivity contribution in [2.75, 3.05) is 6.61 Å². The zero-order valence-electron chi connectivity index (χ0n) is 4.56. The molecule has 1 aliphatic rings. The molecule has 0 saturated carbocycles. The van der Waals surface area contributed by atoms with Crippen LogP contribution in [0.5, 0.6) is 0 Å². The predicted molar refractivity (Wildman–Crippen MR) is 32.6 cm³/mol. The minimum absolute atomic E-state index is 0.427. The van der Waals surface area contributed by atoms with E-state index >= 15 is 0 Å². The van der Waals surface area contributed by atoms with Crippen LogP contribution < -0.4 is 0 Å². The van der Waals surface area contributed by atoms with Crippen molar-refractivity contribution in [1.82, 2.24) is 0 Å². The van der Waals surface area contributed by atoms with Gasteiger partial charge >= 0.3 is 0 Å². The van der Waals surface area contributed by atoms with Gasteiger partial charge in [-0.15, -0.1) is 12.6 Å². The van der Waals surface area contributed by atoms with Gasteiger partial charge in [0, 0.05) is 6.42 Å². The Morgan fingerprint density at radius 2 is 2.25 bits per heavy atom. The highest BCUT2D eigenvalue weighted by Gasteiger charge is 2.27. The molecule has 0 radical (unpaired) electrons. The Morgan fingerprint density at radius 3 is 2.50 bits per heavy atom. The van der Waals surface area contributed by atoms with Gasteiger partial charge in [-0.3, -0.25) is 0 Å². The topological polar surface area (TPSA) is 9.23 Å². The minimum atomic E-state index is -1.63. The maximum absolute atomic E-state index is 12.5. The van der Waals surface area contributed by atoms with Gasteiger partial charge in [-0.05, 0) is 12.8 Å². The van der Waals surface area contributed by atoms with Crippen molar-refractivity contribution < 1.29 is 9.13 Å². The molecule has 1 saturated heterocycles. The van der Waals surface area contributed by atoms with Gasteiger partial charge < -0.3 is 4.74 Å². The molecule has 0 aromatic rings. The average Bonchev–Trinajstić information content (AvgIpc) is 1.65. The second kappa shape index (κ2) is 2.23. The molecule has 8 heavy (non-hydrogen) atoms. The van der Waals surface area contributed by atoms with Crippen LogP contribution in [0, 0.1) is 0 Å². The molecule has 1 aliphatic heterocycles. The Morgan fingerprint density at radius 1 is 1.50 bits per heavy atom. The Hall–Kier alpha value is 0.240. The summed E-state index contributed by atoms with van der Waals surface area (Å²) in [6, 6.07) is 0. The first-order valence-electron chi connectivity index (χ1n) is 2.76. The Kier molecular flexibility index (Phi) is 1.77. The molecule has 0 aromatic carbocycles. The Balaban J connectivity index is 2.33. The van der Waals surface area contributed by atoms with Crippen LogP contribution in [-0.2, 0) is 4.74 Å². The van der Waals surface area contributed by atoms with Crippen LogP contribution in [0.3, 0.4) is 0 Å². The van der Waals surface area contributed by atoms with E-state index in [1.54, 1.807) is 0 Å². The van der Waals surface area contributed by atoms with Crippen molar-refractivity contribution in [2.45, 2.75) is 24.4 Å². The van der Waals surface area contributed by atoms with Crippen molar-refractivity contribution in [2.24, 2.45) is 0 Å². The van der Waals surface area contributed by atoms with Gasteiger partial charge in [0.15, 0.2) is 0 Å². The number of rotatable bonds is 0. The molecule has 0 aromatic heterocycles. The average molecular weight is 136 g/mol. The van der Waals surface area contributed by atoms with Crippen molar-refractivity contribution in [3.63, 3.8) is 0 Å². The van der Waals surface area contributed by atoms with Gasteiger partial charge in [0.1, 0.15) is 0 Å². The normalized spacial score (nSPS) is 39.8. The fourth-order valence-electron chi connectivity index (χ4n) is 0.746. The molecule has 1 atom stereocenters. The highest BCUT2D eigenvalue weighted by Crippen LogP contribution is 2.29. The highest BCUT2D eigenvalue weighted by molar-refractivity contribution is 7.81. The van der Waals surface area contributed by atoms with E-state index in [2.05, 4.69) is 17.4 Å². The Bertz CT molecular complexity index is 76.5. The zero-order valence-corrected chi connectivity index (χ0v) is 5.46. The number of hydrogen-bond donors (Lipinski definition) is 1. The van der Waals surface area contributed by atoms with Crippen LogP contribution in [0.15, 0.2) is 0 Å². The summed E-state index contributed by atoms with van der Waals surface area (Å²) in [4.78, 5) is 0. The fourth-order valence-corrected chi connectivity index (χ4v) is 0.995. The van der Waals surface area contributed by atoms with Crippen molar-refractivity contribution in [3.8, 4) is 0 Å². The third-order valence-electron chi connectivity index (χ3n) is 1.20. The maximum atomic E-state index is 12.5. The van der Waals surface area contributed by atoms with Crippen molar-refractivity contribution in [3.05, 3.63) is 0 Å². The highest BCUT2D eigenvalue weighted by atomic mass is 32.1. The van der Waals surface area contributed by atoms with E-state index in [0.717, 1.165) is 12.8 Å². The summed E-state index contributed by atoms with van der Waals surface area (Å²) in [5.41, 5.74) is 0. The second-order valence-electron chi connectivity index (χ2n) is 1.99. The van der Waals surface area contributed by atoms with E-state index in [9.17, 15) is 4.39 Å². The summed E-state index contributed by atoms with van der Waals surface area (Å²) in [5.74, 6) is 0. The lowest BCUT2D eigenvalue weighted by Gasteiger charge is -2.23. The molecule has 1 heterocycles. The quantitative estimate of drug-likeness (QED) is 0.499. The van der Waals surface area contributed by atoms with E-state index in [-0.39, 0.29) is 0 Å². The summed E-state index contributed by atoms with van der Waals surface area (Å²) in [6.07, 6.45) is 2.28. The fraction of sp³-hybridized carbons (Fsp3) is 1.00. The third-order valence-corrected chi connectivity index (χ3v) is 1.56. The molecule has 0 amide bonds. The summed E-state index contributed by atoms with van der Waals surface area (Å²) >= 11 is 3.63. The molecule has 1 rings (SSSR count). The maximum Gasteiger partial charge on any atom is 0.254 e. The van der Waals surface area contributed by atoms with Crippen LogP contribution in [0.2, 0.25) is 0 Å². The Labute approximate surface area is 53.6 Å². The van der Waals surface area contributed by atoms with Crippen LogP contribution in [0.25, 0.3) is 0 Å². The van der Waals surface area contributed by atoms with E-state index in [1.165, 1.54) is 0 Å². The van der Waals surface area contributed by atoms with E-state index < -0.39 is 5.19 Å². The monoisotopic (exact) mass is 136 g/mol. The first kappa shape index (κ1) is 6.36.